The Morgan fingerprint density at radius 2 is 1.72 bits per heavy atom. The summed E-state index contributed by atoms with van der Waals surface area (Å²) in [5.41, 5.74) is 1.42. The molecule has 0 radical (unpaired) electrons. The number of nitrogens with zero attached hydrogens (tertiary/aromatic N) is 2. The van der Waals surface area contributed by atoms with Crippen LogP contribution >= 0.6 is 0 Å². The molecule has 154 valence electrons. The molecule has 0 aliphatic carbocycles. The molecule has 2 unspecified atom stereocenters. The lowest BCUT2D eigenvalue weighted by Crippen LogP contribution is -2.36. The van der Waals surface area contributed by atoms with Crippen molar-refractivity contribution in [2.45, 2.75) is 49.1 Å². The van der Waals surface area contributed by atoms with Crippen LogP contribution in [0.5, 0.6) is 0 Å². The van der Waals surface area contributed by atoms with Crippen LogP contribution in [0.1, 0.15) is 49.8 Å². The predicted octanol–water partition coefficient (Wildman–Crippen LogP) is 3.55. The number of piperidine rings is 1. The Balaban J connectivity index is 1.77. The summed E-state index contributed by atoms with van der Waals surface area (Å²) in [5, 5.41) is 5.26. The first-order chi connectivity index (χ1) is 13.9. The van der Waals surface area contributed by atoms with Gasteiger partial charge in [-0.05, 0) is 48.9 Å². The number of sulfonamides is 1. The third kappa shape index (κ3) is 3.76. The van der Waals surface area contributed by atoms with Crippen molar-refractivity contribution in [3.05, 3.63) is 65.7 Å². The molecule has 2 aromatic rings. The molecule has 0 saturated carbocycles. The molecule has 2 heterocycles. The summed E-state index contributed by atoms with van der Waals surface area (Å²) in [6.45, 7) is 4.01. The first-order valence-electron chi connectivity index (χ1n) is 10.1. The maximum atomic E-state index is 11.6. The topological polar surface area (TPSA) is 85.0 Å². The minimum atomic E-state index is -3.74. The number of ether oxygens (including phenoxy) is 1. The minimum absolute atomic E-state index is 0.0956. The molecule has 2 aliphatic heterocycles. The highest BCUT2D eigenvalue weighted by Crippen LogP contribution is 2.48. The van der Waals surface area contributed by atoms with Crippen LogP contribution in [0.3, 0.4) is 0 Å². The van der Waals surface area contributed by atoms with Gasteiger partial charge in [-0.15, -0.1) is 0 Å². The van der Waals surface area contributed by atoms with Crippen LogP contribution in [-0.4, -0.2) is 32.4 Å². The van der Waals surface area contributed by atoms with Gasteiger partial charge in [-0.2, -0.15) is 0 Å². The molecule has 7 heteroatoms. The maximum Gasteiger partial charge on any atom is 0.289 e. The van der Waals surface area contributed by atoms with Crippen LogP contribution in [0.15, 0.2) is 64.5 Å². The average molecular weight is 414 g/mol. The van der Waals surface area contributed by atoms with Gasteiger partial charge in [0.15, 0.2) is 6.10 Å². The lowest BCUT2D eigenvalue weighted by Gasteiger charge is -2.31. The van der Waals surface area contributed by atoms with Crippen molar-refractivity contribution in [3.8, 4) is 0 Å². The van der Waals surface area contributed by atoms with Gasteiger partial charge in [-0.25, -0.2) is 18.5 Å². The van der Waals surface area contributed by atoms with Gasteiger partial charge >= 0.3 is 0 Å². The minimum Gasteiger partial charge on any atom is -0.454 e. The Hall–Kier alpha value is -2.38. The Labute approximate surface area is 172 Å². The standard InChI is InChI=1S/C22H27N3O3S/c1-2-22(18-9-5-3-6-10-18)20(17-11-13-19(14-12-17)29(23,26)27)28-21(24-22)25-15-7-4-8-16-25/h3,5-6,9-14,20H,2,4,7-8,15-16H2,1H3,(H2,23,26,27). The number of primary sulfonamides is 1. The Morgan fingerprint density at radius 3 is 2.31 bits per heavy atom. The lowest BCUT2D eigenvalue weighted by molar-refractivity contribution is 0.111. The molecule has 0 bridgehead atoms. The molecule has 0 amide bonds. The monoisotopic (exact) mass is 413 g/mol. The second-order valence-electron chi connectivity index (χ2n) is 7.70. The van der Waals surface area contributed by atoms with Crippen molar-refractivity contribution in [1.29, 1.82) is 0 Å². The lowest BCUT2D eigenvalue weighted by atomic mass is 9.80. The maximum absolute atomic E-state index is 11.6. The van der Waals surface area contributed by atoms with E-state index < -0.39 is 15.6 Å². The van der Waals surface area contributed by atoms with Crippen LogP contribution in [0, 0.1) is 0 Å². The van der Waals surface area contributed by atoms with Gasteiger partial charge in [0.05, 0.1) is 4.90 Å². The number of likely N-dealkylation sites (tertiary alicyclic amines) is 1. The van der Waals surface area contributed by atoms with Crippen molar-refractivity contribution >= 4 is 16.0 Å². The fourth-order valence-electron chi connectivity index (χ4n) is 4.28. The summed E-state index contributed by atoms with van der Waals surface area (Å²) in [6, 6.07) is 17.5. The van der Waals surface area contributed by atoms with E-state index in [1.165, 1.54) is 6.42 Å². The molecule has 4 rings (SSSR count). The summed E-state index contributed by atoms with van der Waals surface area (Å²) in [6.07, 6.45) is 3.94. The van der Waals surface area contributed by atoms with E-state index in [2.05, 4.69) is 24.0 Å². The van der Waals surface area contributed by atoms with Crippen LogP contribution in [0.4, 0.5) is 0 Å². The van der Waals surface area contributed by atoms with Crippen LogP contribution in [0.25, 0.3) is 0 Å². The zero-order chi connectivity index (χ0) is 20.5. The SMILES string of the molecule is CCC1(c2ccccc2)N=C(N2CCCCC2)OC1c1ccc(S(N)(=O)=O)cc1. The van der Waals surface area contributed by atoms with Crippen molar-refractivity contribution in [3.63, 3.8) is 0 Å². The molecule has 1 fully saturated rings. The van der Waals surface area contributed by atoms with E-state index in [0.29, 0.717) is 6.02 Å². The van der Waals surface area contributed by atoms with E-state index >= 15 is 0 Å². The smallest absolute Gasteiger partial charge is 0.289 e. The average Bonchev–Trinajstić information content (AvgIpc) is 3.16. The van der Waals surface area contributed by atoms with E-state index in [9.17, 15) is 8.42 Å². The molecule has 29 heavy (non-hydrogen) atoms. The third-order valence-corrected chi connectivity index (χ3v) is 6.83. The first-order valence-corrected chi connectivity index (χ1v) is 11.7. The fourth-order valence-corrected chi connectivity index (χ4v) is 4.79. The molecule has 0 aromatic heterocycles. The normalized spacial score (nSPS) is 24.8. The van der Waals surface area contributed by atoms with Crippen LogP contribution < -0.4 is 5.14 Å². The molecular formula is C22H27N3O3S. The van der Waals surface area contributed by atoms with Gasteiger partial charge in [0, 0.05) is 13.1 Å². The first kappa shape index (κ1) is 19.9. The van der Waals surface area contributed by atoms with Crippen molar-refractivity contribution in [1.82, 2.24) is 4.90 Å². The van der Waals surface area contributed by atoms with Crippen molar-refractivity contribution in [2.75, 3.05) is 13.1 Å². The summed E-state index contributed by atoms with van der Waals surface area (Å²) >= 11 is 0. The van der Waals surface area contributed by atoms with E-state index in [1.807, 2.05) is 18.2 Å². The third-order valence-electron chi connectivity index (χ3n) is 5.90. The quantitative estimate of drug-likeness (QED) is 0.831. The highest BCUT2D eigenvalue weighted by molar-refractivity contribution is 7.89. The van der Waals surface area contributed by atoms with E-state index in [-0.39, 0.29) is 11.0 Å². The number of hydrogen-bond acceptors (Lipinski definition) is 5. The van der Waals surface area contributed by atoms with Gasteiger partial charge in [-0.3, -0.25) is 0 Å². The van der Waals surface area contributed by atoms with Gasteiger partial charge in [-0.1, -0.05) is 49.4 Å². The summed E-state index contributed by atoms with van der Waals surface area (Å²) in [5.74, 6) is 0. The zero-order valence-electron chi connectivity index (χ0n) is 16.6. The molecule has 1 saturated heterocycles. The van der Waals surface area contributed by atoms with Crippen LogP contribution in [0.2, 0.25) is 0 Å². The number of nitrogens with two attached hydrogens (primary N) is 1. The summed E-state index contributed by atoms with van der Waals surface area (Å²) < 4.78 is 29.8. The molecule has 0 spiro atoms. The predicted molar refractivity (Wildman–Crippen MR) is 113 cm³/mol. The van der Waals surface area contributed by atoms with Gasteiger partial charge in [0.25, 0.3) is 6.02 Å². The Kier molecular flexibility index (Phi) is 5.36. The second-order valence-corrected chi connectivity index (χ2v) is 9.26. The highest BCUT2D eigenvalue weighted by atomic mass is 32.2. The van der Waals surface area contributed by atoms with E-state index in [4.69, 9.17) is 14.9 Å². The van der Waals surface area contributed by atoms with Crippen molar-refractivity contribution < 1.29 is 13.2 Å². The molecular weight excluding hydrogens is 386 g/mol. The van der Waals surface area contributed by atoms with Crippen LogP contribution in [-0.2, 0) is 20.3 Å². The molecule has 2 aromatic carbocycles. The number of rotatable bonds is 4. The summed E-state index contributed by atoms with van der Waals surface area (Å²) in [4.78, 5) is 7.47. The molecule has 2 N–H and O–H groups in total. The Morgan fingerprint density at radius 1 is 1.07 bits per heavy atom. The van der Waals surface area contributed by atoms with E-state index in [0.717, 1.165) is 43.5 Å². The largest absolute Gasteiger partial charge is 0.454 e. The number of aliphatic imine (C=N–C) groups is 1. The van der Waals surface area contributed by atoms with Gasteiger partial charge < -0.3 is 9.64 Å². The fraction of sp³-hybridized carbons (Fsp3) is 0.409. The Bertz CT molecular complexity index is 984. The number of amidine groups is 1. The molecule has 2 aliphatic rings. The molecule has 2 atom stereocenters. The van der Waals surface area contributed by atoms with E-state index in [1.54, 1.807) is 24.3 Å². The second kappa shape index (κ2) is 7.80. The van der Waals surface area contributed by atoms with Crippen molar-refractivity contribution in [2.24, 2.45) is 10.1 Å². The summed E-state index contributed by atoms with van der Waals surface area (Å²) in [7, 11) is -3.74. The van der Waals surface area contributed by atoms with Gasteiger partial charge in [0.2, 0.25) is 10.0 Å². The van der Waals surface area contributed by atoms with Gasteiger partial charge in [0.1, 0.15) is 5.54 Å². The zero-order valence-corrected chi connectivity index (χ0v) is 17.4. The highest BCUT2D eigenvalue weighted by Gasteiger charge is 2.48. The molecule has 6 nitrogen and oxygen atoms in total. The number of benzene rings is 2. The number of hydrogen-bond donors (Lipinski definition) is 1.